The van der Waals surface area contributed by atoms with Gasteiger partial charge >= 0.3 is 0 Å². The van der Waals surface area contributed by atoms with Crippen molar-refractivity contribution in [2.45, 2.75) is 59.3 Å². The first-order valence-corrected chi connectivity index (χ1v) is 6.38. The van der Waals surface area contributed by atoms with Gasteiger partial charge in [0.15, 0.2) is 0 Å². The number of hydrogen-bond donors (Lipinski definition) is 1. The molecular formula is C14H25N. The van der Waals surface area contributed by atoms with Gasteiger partial charge in [-0.1, -0.05) is 40.0 Å². The molecule has 0 aliphatic carbocycles. The molecule has 1 nitrogen and oxygen atoms in total. The Morgan fingerprint density at radius 2 is 1.80 bits per heavy atom. The fourth-order valence-electron chi connectivity index (χ4n) is 2.03. The van der Waals surface area contributed by atoms with E-state index in [1.165, 1.54) is 44.1 Å². The molecule has 0 aliphatic rings. The molecule has 0 aliphatic heterocycles. The van der Waals surface area contributed by atoms with Crippen LogP contribution in [-0.2, 0) is 12.8 Å². The van der Waals surface area contributed by atoms with Crippen LogP contribution < -0.4 is 0 Å². The highest BCUT2D eigenvalue weighted by Crippen LogP contribution is 2.16. The van der Waals surface area contributed by atoms with Crippen LogP contribution >= 0.6 is 0 Å². The molecule has 0 saturated carbocycles. The van der Waals surface area contributed by atoms with Gasteiger partial charge in [0.05, 0.1) is 0 Å². The molecule has 0 radical (unpaired) electrons. The molecular weight excluding hydrogens is 182 g/mol. The molecule has 0 aromatic carbocycles. The molecule has 0 unspecified atom stereocenters. The Hall–Kier alpha value is -0.720. The van der Waals surface area contributed by atoms with Crippen LogP contribution in [0.1, 0.15) is 57.6 Å². The quantitative estimate of drug-likeness (QED) is 0.640. The minimum atomic E-state index is 0.759. The molecule has 1 aromatic heterocycles. The van der Waals surface area contributed by atoms with E-state index in [2.05, 4.69) is 38.1 Å². The van der Waals surface area contributed by atoms with Gasteiger partial charge in [-0.15, -0.1) is 0 Å². The number of aryl methyl sites for hydroxylation is 1. The minimum absolute atomic E-state index is 0.759. The van der Waals surface area contributed by atoms with Crippen LogP contribution in [0.25, 0.3) is 0 Å². The third kappa shape index (κ3) is 4.55. The van der Waals surface area contributed by atoms with Crippen molar-refractivity contribution in [2.75, 3.05) is 0 Å². The predicted molar refractivity (Wildman–Crippen MR) is 67.2 cm³/mol. The van der Waals surface area contributed by atoms with Crippen LogP contribution in [0, 0.1) is 5.92 Å². The van der Waals surface area contributed by atoms with Crippen molar-refractivity contribution < 1.29 is 0 Å². The molecule has 0 amide bonds. The number of unbranched alkanes of at least 4 members (excludes halogenated alkanes) is 3. The summed E-state index contributed by atoms with van der Waals surface area (Å²) in [6.07, 6.45) is 12.3. The Labute approximate surface area is 94.3 Å². The Bertz CT molecular complexity index is 260. The largest absolute Gasteiger partial charge is 0.367 e. The summed E-state index contributed by atoms with van der Waals surface area (Å²) in [4.78, 5) is 3.24. The van der Waals surface area contributed by atoms with Gasteiger partial charge in [0.1, 0.15) is 0 Å². The summed E-state index contributed by atoms with van der Waals surface area (Å²) in [6.45, 7) is 6.84. The van der Waals surface area contributed by atoms with E-state index in [9.17, 15) is 0 Å². The third-order valence-electron chi connectivity index (χ3n) is 2.86. The lowest BCUT2D eigenvalue weighted by atomic mass is 9.99. The van der Waals surface area contributed by atoms with E-state index >= 15 is 0 Å². The first-order valence-electron chi connectivity index (χ1n) is 6.38. The molecule has 0 fully saturated rings. The monoisotopic (exact) mass is 207 g/mol. The maximum atomic E-state index is 3.24. The molecule has 0 saturated heterocycles. The summed E-state index contributed by atoms with van der Waals surface area (Å²) < 4.78 is 0. The summed E-state index contributed by atoms with van der Waals surface area (Å²) in [5.74, 6) is 0.759. The Kier molecular flexibility index (Phi) is 5.52. The van der Waals surface area contributed by atoms with Crippen molar-refractivity contribution >= 4 is 0 Å². The molecule has 86 valence electrons. The van der Waals surface area contributed by atoms with Crippen molar-refractivity contribution in [1.29, 1.82) is 0 Å². The van der Waals surface area contributed by atoms with Gasteiger partial charge in [0.25, 0.3) is 0 Å². The van der Waals surface area contributed by atoms with Crippen molar-refractivity contribution in [3.63, 3.8) is 0 Å². The average molecular weight is 207 g/mol. The molecule has 1 rings (SSSR count). The van der Waals surface area contributed by atoms with E-state index in [4.69, 9.17) is 0 Å². The summed E-state index contributed by atoms with van der Waals surface area (Å²) >= 11 is 0. The summed E-state index contributed by atoms with van der Waals surface area (Å²) in [5.41, 5.74) is 3.07. The zero-order valence-corrected chi connectivity index (χ0v) is 10.5. The maximum Gasteiger partial charge on any atom is 0.00403 e. The predicted octanol–water partition coefficient (Wildman–Crippen LogP) is 4.34. The van der Waals surface area contributed by atoms with E-state index < -0.39 is 0 Å². The number of hydrogen-bond acceptors (Lipinski definition) is 0. The molecule has 1 heteroatoms. The van der Waals surface area contributed by atoms with E-state index in [0.29, 0.717) is 0 Å². The molecule has 0 atom stereocenters. The fraction of sp³-hybridized carbons (Fsp3) is 0.714. The molecule has 1 aromatic rings. The Morgan fingerprint density at radius 3 is 2.47 bits per heavy atom. The number of H-pyrrole nitrogens is 1. The Morgan fingerprint density at radius 1 is 1.07 bits per heavy atom. The van der Waals surface area contributed by atoms with Crippen molar-refractivity contribution in [2.24, 2.45) is 5.92 Å². The van der Waals surface area contributed by atoms with Crippen LogP contribution in [0.3, 0.4) is 0 Å². The van der Waals surface area contributed by atoms with Crippen LogP contribution in [-0.4, -0.2) is 4.98 Å². The van der Waals surface area contributed by atoms with E-state index in [-0.39, 0.29) is 0 Å². The molecule has 0 bridgehead atoms. The maximum absolute atomic E-state index is 3.24. The molecule has 1 N–H and O–H groups in total. The lowest BCUT2D eigenvalue weighted by Crippen LogP contribution is -1.96. The van der Waals surface area contributed by atoms with Gasteiger partial charge in [-0.05, 0) is 36.3 Å². The molecule has 0 spiro atoms. The smallest absolute Gasteiger partial charge is 0.00403 e. The van der Waals surface area contributed by atoms with Crippen molar-refractivity contribution in [1.82, 2.24) is 4.98 Å². The van der Waals surface area contributed by atoms with Gasteiger partial charge in [0.2, 0.25) is 0 Å². The minimum Gasteiger partial charge on any atom is -0.367 e. The summed E-state index contributed by atoms with van der Waals surface area (Å²) in [6, 6.07) is 0. The average Bonchev–Trinajstić information content (AvgIpc) is 2.59. The van der Waals surface area contributed by atoms with Crippen LogP contribution in [0.4, 0.5) is 0 Å². The van der Waals surface area contributed by atoms with Crippen LogP contribution in [0.2, 0.25) is 0 Å². The zero-order valence-electron chi connectivity index (χ0n) is 10.5. The number of nitrogens with one attached hydrogen (secondary N) is 1. The third-order valence-corrected chi connectivity index (χ3v) is 2.86. The standard InChI is InChI=1S/C14H25N/c1-4-5-6-7-8-13-10-15-11-14(13)9-12(2)3/h10-12,15H,4-9H2,1-3H3. The van der Waals surface area contributed by atoms with Gasteiger partial charge in [-0.25, -0.2) is 0 Å². The second-order valence-corrected chi connectivity index (χ2v) is 4.91. The summed E-state index contributed by atoms with van der Waals surface area (Å²) in [5, 5.41) is 0. The lowest BCUT2D eigenvalue weighted by Gasteiger charge is -2.06. The molecule has 1 heterocycles. The number of aromatic nitrogens is 1. The van der Waals surface area contributed by atoms with Gasteiger partial charge in [-0.2, -0.15) is 0 Å². The van der Waals surface area contributed by atoms with Gasteiger partial charge in [0, 0.05) is 12.4 Å². The van der Waals surface area contributed by atoms with Gasteiger partial charge < -0.3 is 4.98 Å². The second-order valence-electron chi connectivity index (χ2n) is 4.91. The SMILES string of the molecule is CCCCCCc1c[nH]cc1CC(C)C. The highest BCUT2D eigenvalue weighted by molar-refractivity contribution is 5.23. The second kappa shape index (κ2) is 6.71. The first-order chi connectivity index (χ1) is 7.24. The topological polar surface area (TPSA) is 15.8 Å². The highest BCUT2D eigenvalue weighted by atomic mass is 14.6. The first kappa shape index (κ1) is 12.4. The number of rotatable bonds is 7. The van der Waals surface area contributed by atoms with Crippen molar-refractivity contribution in [3.8, 4) is 0 Å². The lowest BCUT2D eigenvalue weighted by molar-refractivity contribution is 0.634. The highest BCUT2D eigenvalue weighted by Gasteiger charge is 2.05. The number of aromatic amines is 1. The summed E-state index contributed by atoms with van der Waals surface area (Å²) in [7, 11) is 0. The zero-order chi connectivity index (χ0) is 11.1. The normalized spacial score (nSPS) is 11.2. The van der Waals surface area contributed by atoms with E-state index in [0.717, 1.165) is 5.92 Å². The van der Waals surface area contributed by atoms with E-state index in [1.54, 1.807) is 5.56 Å². The van der Waals surface area contributed by atoms with E-state index in [1.807, 2.05) is 0 Å². The van der Waals surface area contributed by atoms with Crippen LogP contribution in [0.15, 0.2) is 12.4 Å². The molecule has 15 heavy (non-hydrogen) atoms. The fourth-order valence-corrected chi connectivity index (χ4v) is 2.03. The van der Waals surface area contributed by atoms with Crippen LogP contribution in [0.5, 0.6) is 0 Å². The van der Waals surface area contributed by atoms with Crippen molar-refractivity contribution in [3.05, 3.63) is 23.5 Å². The van der Waals surface area contributed by atoms with Gasteiger partial charge in [-0.3, -0.25) is 0 Å². The Balaban J connectivity index is 2.36.